The smallest absolute Gasteiger partial charge is 0.254 e. The molecule has 5 nitrogen and oxygen atoms in total. The SMILES string of the molecule is CCc1ccc(C(=O)N(CC)CC(N)=NO)cc1. The lowest BCUT2D eigenvalue weighted by Gasteiger charge is -2.20. The first-order valence-electron chi connectivity index (χ1n) is 5.97. The molecule has 0 radical (unpaired) electrons. The van der Waals surface area contributed by atoms with Crippen LogP contribution in [0.5, 0.6) is 0 Å². The van der Waals surface area contributed by atoms with Crippen molar-refractivity contribution in [2.24, 2.45) is 10.9 Å². The van der Waals surface area contributed by atoms with E-state index in [1.807, 2.05) is 19.1 Å². The van der Waals surface area contributed by atoms with Crippen molar-refractivity contribution >= 4 is 11.7 Å². The van der Waals surface area contributed by atoms with Gasteiger partial charge >= 0.3 is 0 Å². The van der Waals surface area contributed by atoms with Gasteiger partial charge in [0.2, 0.25) is 0 Å². The van der Waals surface area contributed by atoms with Crippen molar-refractivity contribution in [1.29, 1.82) is 0 Å². The number of amidine groups is 1. The fourth-order valence-corrected chi connectivity index (χ4v) is 1.62. The first-order valence-corrected chi connectivity index (χ1v) is 5.97. The van der Waals surface area contributed by atoms with Crippen LogP contribution in [0, 0.1) is 0 Å². The van der Waals surface area contributed by atoms with Crippen LogP contribution in [0.3, 0.4) is 0 Å². The van der Waals surface area contributed by atoms with Gasteiger partial charge in [0.1, 0.15) is 0 Å². The molecule has 18 heavy (non-hydrogen) atoms. The average Bonchev–Trinajstić information content (AvgIpc) is 2.43. The number of carbonyl (C=O) groups is 1. The standard InChI is InChI=1S/C13H19N3O2/c1-3-10-5-7-11(8-6-10)13(17)16(4-2)9-12(14)15-18/h5-8,18H,3-4,9H2,1-2H3,(H2,14,15). The molecule has 1 amide bonds. The minimum Gasteiger partial charge on any atom is -0.409 e. The Morgan fingerprint density at radius 1 is 1.33 bits per heavy atom. The number of carbonyl (C=O) groups excluding carboxylic acids is 1. The fourth-order valence-electron chi connectivity index (χ4n) is 1.62. The van der Waals surface area contributed by atoms with Crippen molar-refractivity contribution in [1.82, 2.24) is 4.90 Å². The number of oxime groups is 1. The summed E-state index contributed by atoms with van der Waals surface area (Å²) in [5, 5.41) is 11.4. The molecule has 98 valence electrons. The third-order valence-electron chi connectivity index (χ3n) is 2.76. The van der Waals surface area contributed by atoms with E-state index in [1.165, 1.54) is 10.5 Å². The Morgan fingerprint density at radius 3 is 2.39 bits per heavy atom. The summed E-state index contributed by atoms with van der Waals surface area (Å²) in [6.45, 7) is 4.54. The van der Waals surface area contributed by atoms with Crippen LogP contribution in [0.15, 0.2) is 29.4 Å². The minimum absolute atomic E-state index is 0.0235. The number of benzene rings is 1. The fraction of sp³-hybridized carbons (Fsp3) is 0.385. The second-order valence-corrected chi connectivity index (χ2v) is 3.96. The van der Waals surface area contributed by atoms with E-state index in [4.69, 9.17) is 10.9 Å². The molecule has 0 atom stereocenters. The van der Waals surface area contributed by atoms with E-state index in [-0.39, 0.29) is 18.3 Å². The van der Waals surface area contributed by atoms with Crippen LogP contribution in [0.25, 0.3) is 0 Å². The Labute approximate surface area is 107 Å². The zero-order valence-corrected chi connectivity index (χ0v) is 10.8. The third kappa shape index (κ3) is 3.48. The van der Waals surface area contributed by atoms with Crippen molar-refractivity contribution in [3.05, 3.63) is 35.4 Å². The number of rotatable bonds is 5. The van der Waals surface area contributed by atoms with Gasteiger partial charge in [-0.3, -0.25) is 4.79 Å². The van der Waals surface area contributed by atoms with Gasteiger partial charge in [0.15, 0.2) is 5.84 Å². The molecule has 1 aromatic rings. The third-order valence-corrected chi connectivity index (χ3v) is 2.76. The van der Waals surface area contributed by atoms with E-state index in [9.17, 15) is 4.79 Å². The number of aryl methyl sites for hydroxylation is 1. The van der Waals surface area contributed by atoms with Gasteiger partial charge in [0, 0.05) is 12.1 Å². The lowest BCUT2D eigenvalue weighted by atomic mass is 10.1. The van der Waals surface area contributed by atoms with Crippen LogP contribution in [0.1, 0.15) is 29.8 Å². The summed E-state index contributed by atoms with van der Waals surface area (Å²) in [4.78, 5) is 13.7. The van der Waals surface area contributed by atoms with E-state index in [0.29, 0.717) is 12.1 Å². The van der Waals surface area contributed by atoms with Gasteiger partial charge in [-0.1, -0.05) is 24.2 Å². The van der Waals surface area contributed by atoms with Crippen molar-refractivity contribution in [2.75, 3.05) is 13.1 Å². The summed E-state index contributed by atoms with van der Waals surface area (Å²) in [7, 11) is 0. The van der Waals surface area contributed by atoms with Gasteiger partial charge in [0.25, 0.3) is 5.91 Å². The number of hydrogen-bond donors (Lipinski definition) is 2. The van der Waals surface area contributed by atoms with Crippen LogP contribution < -0.4 is 5.73 Å². The van der Waals surface area contributed by atoms with Crippen molar-refractivity contribution in [2.45, 2.75) is 20.3 Å². The average molecular weight is 249 g/mol. The zero-order valence-electron chi connectivity index (χ0n) is 10.8. The topological polar surface area (TPSA) is 78.9 Å². The highest BCUT2D eigenvalue weighted by molar-refractivity contribution is 5.97. The number of nitrogens with zero attached hydrogens (tertiary/aromatic N) is 2. The molecular formula is C13H19N3O2. The van der Waals surface area contributed by atoms with E-state index in [0.717, 1.165) is 6.42 Å². The Hall–Kier alpha value is -2.04. The van der Waals surface area contributed by atoms with Crippen molar-refractivity contribution < 1.29 is 10.0 Å². The maximum Gasteiger partial charge on any atom is 0.254 e. The predicted octanol–water partition coefficient (Wildman–Crippen LogP) is 1.46. The maximum absolute atomic E-state index is 12.2. The van der Waals surface area contributed by atoms with Gasteiger partial charge < -0.3 is 15.8 Å². The molecule has 0 bridgehead atoms. The van der Waals surface area contributed by atoms with Gasteiger partial charge in [-0.2, -0.15) is 0 Å². The Kier molecular flexibility index (Phi) is 5.17. The summed E-state index contributed by atoms with van der Waals surface area (Å²) < 4.78 is 0. The molecule has 0 aromatic heterocycles. The van der Waals surface area contributed by atoms with Crippen molar-refractivity contribution in [3.8, 4) is 0 Å². The van der Waals surface area contributed by atoms with Crippen LogP contribution in [0.4, 0.5) is 0 Å². The van der Waals surface area contributed by atoms with E-state index >= 15 is 0 Å². The van der Waals surface area contributed by atoms with Gasteiger partial charge in [-0.15, -0.1) is 0 Å². The number of likely N-dealkylation sites (N-methyl/N-ethyl adjacent to an activating group) is 1. The lowest BCUT2D eigenvalue weighted by Crippen LogP contribution is -2.38. The van der Waals surface area contributed by atoms with Crippen LogP contribution >= 0.6 is 0 Å². The van der Waals surface area contributed by atoms with Crippen LogP contribution in [-0.4, -0.2) is 34.9 Å². The monoisotopic (exact) mass is 249 g/mol. The number of nitrogens with two attached hydrogens (primary N) is 1. The first-order chi connectivity index (χ1) is 8.62. The Morgan fingerprint density at radius 2 is 1.94 bits per heavy atom. The predicted molar refractivity (Wildman–Crippen MR) is 70.8 cm³/mol. The first kappa shape index (κ1) is 14.0. The molecule has 0 spiro atoms. The van der Waals surface area contributed by atoms with E-state index in [2.05, 4.69) is 12.1 Å². The summed E-state index contributed by atoms with van der Waals surface area (Å²) >= 11 is 0. The Bertz CT molecular complexity index is 426. The molecule has 5 heteroatoms. The van der Waals surface area contributed by atoms with Gasteiger partial charge in [0.05, 0.1) is 6.54 Å². The lowest BCUT2D eigenvalue weighted by molar-refractivity contribution is 0.0786. The molecule has 0 aliphatic heterocycles. The van der Waals surface area contributed by atoms with Crippen molar-refractivity contribution in [3.63, 3.8) is 0 Å². The molecule has 0 fully saturated rings. The molecule has 0 saturated carbocycles. The largest absolute Gasteiger partial charge is 0.409 e. The highest BCUT2D eigenvalue weighted by Crippen LogP contribution is 2.08. The molecule has 0 aliphatic carbocycles. The quantitative estimate of drug-likeness (QED) is 0.359. The highest BCUT2D eigenvalue weighted by atomic mass is 16.4. The van der Waals surface area contributed by atoms with Gasteiger partial charge in [-0.05, 0) is 31.0 Å². The zero-order chi connectivity index (χ0) is 13.5. The molecule has 3 N–H and O–H groups in total. The normalized spacial score (nSPS) is 11.3. The summed E-state index contributed by atoms with van der Waals surface area (Å²) in [5.41, 5.74) is 7.21. The second-order valence-electron chi connectivity index (χ2n) is 3.96. The van der Waals surface area contributed by atoms with Crippen LogP contribution in [-0.2, 0) is 6.42 Å². The Balaban J connectivity index is 2.82. The minimum atomic E-state index is -0.119. The molecular weight excluding hydrogens is 230 g/mol. The number of amides is 1. The van der Waals surface area contributed by atoms with Crippen LogP contribution in [0.2, 0.25) is 0 Å². The second kappa shape index (κ2) is 6.64. The molecule has 0 heterocycles. The summed E-state index contributed by atoms with van der Waals surface area (Å²) in [5.74, 6) is -0.0952. The number of hydrogen-bond acceptors (Lipinski definition) is 3. The highest BCUT2D eigenvalue weighted by Gasteiger charge is 2.15. The molecule has 1 aromatic carbocycles. The molecule has 0 saturated heterocycles. The van der Waals surface area contributed by atoms with E-state index in [1.54, 1.807) is 12.1 Å². The molecule has 1 rings (SSSR count). The molecule has 0 unspecified atom stereocenters. The maximum atomic E-state index is 12.2. The summed E-state index contributed by atoms with van der Waals surface area (Å²) in [6, 6.07) is 7.47. The summed E-state index contributed by atoms with van der Waals surface area (Å²) in [6.07, 6.45) is 0.941. The van der Waals surface area contributed by atoms with Gasteiger partial charge in [-0.25, -0.2) is 0 Å². The molecule has 0 aliphatic rings. The van der Waals surface area contributed by atoms with E-state index < -0.39 is 0 Å².